The molecule has 0 saturated heterocycles. The van der Waals surface area contributed by atoms with Gasteiger partial charge in [0.05, 0.1) is 20.8 Å². The van der Waals surface area contributed by atoms with E-state index < -0.39 is 0 Å². The van der Waals surface area contributed by atoms with Crippen LogP contribution in [0.1, 0.15) is 22.8 Å². The third-order valence-electron chi connectivity index (χ3n) is 3.74. The number of benzene rings is 2. The number of halogens is 1. The molecule has 0 fully saturated rings. The van der Waals surface area contributed by atoms with Gasteiger partial charge in [0.2, 0.25) is 0 Å². The van der Waals surface area contributed by atoms with E-state index >= 15 is 0 Å². The molecule has 1 aliphatic rings. The Morgan fingerprint density at radius 2 is 1.86 bits per heavy atom. The minimum absolute atomic E-state index is 0.118. The van der Waals surface area contributed by atoms with Gasteiger partial charge in [-0.15, -0.1) is 0 Å². The summed E-state index contributed by atoms with van der Waals surface area (Å²) in [5.41, 5.74) is 3.39. The topological polar surface area (TPSA) is 27.7 Å². The summed E-state index contributed by atoms with van der Waals surface area (Å²) in [7, 11) is 3.29. The van der Waals surface area contributed by atoms with Crippen LogP contribution in [-0.4, -0.2) is 20.8 Å². The van der Waals surface area contributed by atoms with Crippen molar-refractivity contribution in [2.45, 2.75) is 12.5 Å². The normalized spacial score (nSPS) is 17.2. The maximum Gasteiger partial charge on any atom is 0.161 e. The van der Waals surface area contributed by atoms with E-state index in [-0.39, 0.29) is 6.10 Å². The summed E-state index contributed by atoms with van der Waals surface area (Å²) in [5.74, 6) is 1.47. The monoisotopic (exact) mass is 304 g/mol. The highest BCUT2D eigenvalue weighted by atomic mass is 35.5. The molecule has 2 aromatic rings. The fourth-order valence-corrected chi connectivity index (χ4v) is 2.92. The molecule has 4 heteroatoms. The molecule has 1 aliphatic heterocycles. The molecule has 1 heterocycles. The smallest absolute Gasteiger partial charge is 0.161 e. The second-order valence-corrected chi connectivity index (χ2v) is 5.40. The molecular formula is C17H17ClO3. The van der Waals surface area contributed by atoms with E-state index in [1.54, 1.807) is 14.2 Å². The van der Waals surface area contributed by atoms with Crippen LogP contribution in [0, 0.1) is 0 Å². The lowest BCUT2D eigenvalue weighted by molar-refractivity contribution is 0.0695. The lowest BCUT2D eigenvalue weighted by Gasteiger charge is -2.27. The Balaban J connectivity index is 2.09. The first-order chi connectivity index (χ1) is 10.2. The van der Waals surface area contributed by atoms with Crippen LogP contribution in [0.5, 0.6) is 11.5 Å². The molecule has 0 bridgehead atoms. The molecule has 0 saturated carbocycles. The number of hydrogen-bond donors (Lipinski definition) is 0. The second-order valence-electron chi connectivity index (χ2n) is 4.96. The van der Waals surface area contributed by atoms with Crippen LogP contribution in [0.4, 0.5) is 0 Å². The van der Waals surface area contributed by atoms with E-state index in [1.165, 1.54) is 5.56 Å². The molecule has 0 aromatic heterocycles. The summed E-state index contributed by atoms with van der Waals surface area (Å²) in [5, 5.41) is 0.712. The quantitative estimate of drug-likeness (QED) is 0.857. The van der Waals surface area contributed by atoms with Gasteiger partial charge in [0.1, 0.15) is 6.10 Å². The number of methoxy groups -OCH3 is 2. The van der Waals surface area contributed by atoms with Crippen LogP contribution in [0.2, 0.25) is 5.02 Å². The predicted molar refractivity (Wildman–Crippen MR) is 82.5 cm³/mol. The molecule has 0 N–H and O–H groups in total. The average molecular weight is 305 g/mol. The van der Waals surface area contributed by atoms with Crippen molar-refractivity contribution in [1.29, 1.82) is 0 Å². The zero-order chi connectivity index (χ0) is 14.8. The van der Waals surface area contributed by atoms with E-state index in [9.17, 15) is 0 Å². The van der Waals surface area contributed by atoms with Gasteiger partial charge in [-0.05, 0) is 47.4 Å². The summed E-state index contributed by atoms with van der Waals surface area (Å²) < 4.78 is 16.7. The highest BCUT2D eigenvalue weighted by molar-refractivity contribution is 6.30. The van der Waals surface area contributed by atoms with Gasteiger partial charge in [-0.1, -0.05) is 23.7 Å². The molecule has 1 unspecified atom stereocenters. The first-order valence-corrected chi connectivity index (χ1v) is 7.22. The summed E-state index contributed by atoms with van der Waals surface area (Å²) >= 11 is 6.10. The zero-order valence-corrected chi connectivity index (χ0v) is 12.8. The lowest BCUT2D eigenvalue weighted by atomic mass is 9.92. The molecule has 3 nitrogen and oxygen atoms in total. The van der Waals surface area contributed by atoms with E-state index in [2.05, 4.69) is 0 Å². The number of hydrogen-bond acceptors (Lipinski definition) is 3. The Bertz CT molecular complexity index is 654. The van der Waals surface area contributed by atoms with Crippen molar-refractivity contribution in [3.8, 4) is 11.5 Å². The molecule has 21 heavy (non-hydrogen) atoms. The van der Waals surface area contributed by atoms with Crippen LogP contribution in [0.25, 0.3) is 0 Å². The van der Waals surface area contributed by atoms with Crippen molar-refractivity contribution in [2.75, 3.05) is 20.8 Å². The Labute approximate surface area is 129 Å². The highest BCUT2D eigenvalue weighted by Crippen LogP contribution is 2.39. The van der Waals surface area contributed by atoms with Crippen molar-refractivity contribution in [2.24, 2.45) is 0 Å². The molecule has 0 amide bonds. The number of fused-ring (bicyclic) bond motifs is 1. The van der Waals surface area contributed by atoms with Gasteiger partial charge in [0.15, 0.2) is 11.5 Å². The maximum atomic E-state index is 6.10. The van der Waals surface area contributed by atoms with Crippen LogP contribution >= 0.6 is 11.6 Å². The summed E-state index contributed by atoms with van der Waals surface area (Å²) in [6, 6.07) is 11.8. The first-order valence-electron chi connectivity index (χ1n) is 6.85. The van der Waals surface area contributed by atoms with Gasteiger partial charge in [0.25, 0.3) is 0 Å². The summed E-state index contributed by atoms with van der Waals surface area (Å²) in [6.07, 6.45) is 0.750. The molecule has 0 spiro atoms. The summed E-state index contributed by atoms with van der Waals surface area (Å²) in [4.78, 5) is 0. The molecule has 2 aromatic carbocycles. The standard InChI is InChI=1S/C17H17ClO3/c1-19-15-9-11-6-7-21-17(14(11)10-16(15)20-2)12-4-3-5-13(18)8-12/h3-5,8-10,17H,6-7H2,1-2H3. The number of rotatable bonds is 3. The van der Waals surface area contributed by atoms with Crippen molar-refractivity contribution in [3.05, 3.63) is 58.1 Å². The fraction of sp³-hybridized carbons (Fsp3) is 0.294. The zero-order valence-electron chi connectivity index (χ0n) is 12.1. The van der Waals surface area contributed by atoms with E-state index in [1.807, 2.05) is 36.4 Å². The second kappa shape index (κ2) is 5.96. The summed E-state index contributed by atoms with van der Waals surface area (Å²) in [6.45, 7) is 0.680. The molecular weight excluding hydrogens is 288 g/mol. The SMILES string of the molecule is COc1cc2c(cc1OC)C(c1cccc(Cl)c1)OCC2. The van der Waals surface area contributed by atoms with E-state index in [4.69, 9.17) is 25.8 Å². The molecule has 1 atom stereocenters. The average Bonchev–Trinajstić information content (AvgIpc) is 2.52. The fourth-order valence-electron chi connectivity index (χ4n) is 2.72. The Hall–Kier alpha value is -1.71. The Kier molecular flexibility index (Phi) is 4.04. The van der Waals surface area contributed by atoms with E-state index in [0.717, 1.165) is 23.3 Å². The first kappa shape index (κ1) is 14.2. The lowest BCUT2D eigenvalue weighted by Crippen LogP contribution is -2.17. The van der Waals surface area contributed by atoms with Crippen LogP contribution in [-0.2, 0) is 11.2 Å². The molecule has 110 valence electrons. The van der Waals surface area contributed by atoms with Crippen molar-refractivity contribution >= 4 is 11.6 Å². The van der Waals surface area contributed by atoms with Gasteiger partial charge < -0.3 is 14.2 Å². The molecule has 3 rings (SSSR count). The Morgan fingerprint density at radius 1 is 1.10 bits per heavy atom. The van der Waals surface area contributed by atoms with Gasteiger partial charge in [-0.25, -0.2) is 0 Å². The minimum Gasteiger partial charge on any atom is -0.493 e. The van der Waals surface area contributed by atoms with E-state index in [0.29, 0.717) is 17.4 Å². The third kappa shape index (κ3) is 2.71. The van der Waals surface area contributed by atoms with Crippen molar-refractivity contribution in [1.82, 2.24) is 0 Å². The van der Waals surface area contributed by atoms with Crippen LogP contribution < -0.4 is 9.47 Å². The van der Waals surface area contributed by atoms with Gasteiger partial charge in [-0.3, -0.25) is 0 Å². The highest BCUT2D eigenvalue weighted by Gasteiger charge is 2.25. The van der Waals surface area contributed by atoms with Gasteiger partial charge in [-0.2, -0.15) is 0 Å². The largest absolute Gasteiger partial charge is 0.493 e. The number of ether oxygens (including phenoxy) is 3. The maximum absolute atomic E-state index is 6.10. The van der Waals surface area contributed by atoms with Gasteiger partial charge >= 0.3 is 0 Å². The van der Waals surface area contributed by atoms with Crippen LogP contribution in [0.15, 0.2) is 36.4 Å². The Morgan fingerprint density at radius 3 is 2.57 bits per heavy atom. The minimum atomic E-state index is -0.118. The van der Waals surface area contributed by atoms with Gasteiger partial charge in [0, 0.05) is 5.02 Å². The van der Waals surface area contributed by atoms with Crippen LogP contribution in [0.3, 0.4) is 0 Å². The third-order valence-corrected chi connectivity index (χ3v) is 3.97. The molecule has 0 aliphatic carbocycles. The molecule has 0 radical (unpaired) electrons. The van der Waals surface area contributed by atoms with Crippen molar-refractivity contribution < 1.29 is 14.2 Å². The van der Waals surface area contributed by atoms with Crippen molar-refractivity contribution in [3.63, 3.8) is 0 Å². The predicted octanol–water partition coefficient (Wildman–Crippen LogP) is 4.02.